The maximum absolute atomic E-state index is 5.59. The van der Waals surface area contributed by atoms with E-state index in [4.69, 9.17) is 19.4 Å². The first-order valence-electron chi connectivity index (χ1n) is 10.8. The molecule has 1 fully saturated rings. The summed E-state index contributed by atoms with van der Waals surface area (Å²) in [6.45, 7) is 5.87. The molecule has 7 heteroatoms. The van der Waals surface area contributed by atoms with Gasteiger partial charge in [0, 0.05) is 62.7 Å². The average Bonchev–Trinajstić information content (AvgIpc) is 2.84. The maximum Gasteiger partial charge on any atom is 0.161 e. The van der Waals surface area contributed by atoms with Crippen LogP contribution < -0.4 is 9.64 Å². The van der Waals surface area contributed by atoms with Crippen molar-refractivity contribution < 1.29 is 9.47 Å². The van der Waals surface area contributed by atoms with Crippen molar-refractivity contribution in [2.24, 2.45) is 0 Å². The summed E-state index contributed by atoms with van der Waals surface area (Å²) in [6.07, 6.45) is 4.50. The van der Waals surface area contributed by atoms with Crippen molar-refractivity contribution in [3.63, 3.8) is 0 Å². The van der Waals surface area contributed by atoms with E-state index < -0.39 is 0 Å². The molecule has 160 valence electrons. The largest absolute Gasteiger partial charge is 0.497 e. The molecule has 0 amide bonds. The molecule has 1 saturated heterocycles. The first kappa shape index (κ1) is 19.9. The number of ether oxygens (including phenoxy) is 2. The van der Waals surface area contributed by atoms with E-state index in [1.165, 1.54) is 11.1 Å². The third kappa shape index (κ3) is 4.38. The molecule has 2 aliphatic rings. The van der Waals surface area contributed by atoms with Gasteiger partial charge in [-0.15, -0.1) is 0 Å². The van der Waals surface area contributed by atoms with E-state index >= 15 is 0 Å². The van der Waals surface area contributed by atoms with Gasteiger partial charge in [0.15, 0.2) is 5.82 Å². The topological polar surface area (TPSA) is 63.6 Å². The number of hydrogen-bond donors (Lipinski definition) is 0. The lowest BCUT2D eigenvalue weighted by atomic mass is 10.0. The van der Waals surface area contributed by atoms with Gasteiger partial charge in [-0.2, -0.15) is 0 Å². The van der Waals surface area contributed by atoms with Gasteiger partial charge in [0.25, 0.3) is 0 Å². The average molecular weight is 418 g/mol. The van der Waals surface area contributed by atoms with Crippen LogP contribution in [0.25, 0.3) is 11.4 Å². The van der Waals surface area contributed by atoms with Crippen molar-refractivity contribution in [1.82, 2.24) is 19.9 Å². The second-order valence-electron chi connectivity index (χ2n) is 7.94. The second kappa shape index (κ2) is 8.99. The van der Waals surface area contributed by atoms with E-state index in [1.807, 2.05) is 18.2 Å². The normalized spacial score (nSPS) is 16.7. The molecule has 0 atom stereocenters. The lowest BCUT2D eigenvalue weighted by molar-refractivity contribution is 0.122. The SMILES string of the molecule is COc1cccc(CN2CCc3nc(-c4ccncc4)nc(N4CCOCC4)c3C2)c1. The monoisotopic (exact) mass is 417 g/mol. The van der Waals surface area contributed by atoms with Gasteiger partial charge in [-0.3, -0.25) is 9.88 Å². The van der Waals surface area contributed by atoms with E-state index in [9.17, 15) is 0 Å². The Morgan fingerprint density at radius 3 is 2.68 bits per heavy atom. The number of nitrogens with zero attached hydrogens (tertiary/aromatic N) is 5. The van der Waals surface area contributed by atoms with Crippen LogP contribution in [0.3, 0.4) is 0 Å². The van der Waals surface area contributed by atoms with Crippen molar-refractivity contribution in [3.05, 3.63) is 65.6 Å². The predicted molar refractivity (Wildman–Crippen MR) is 119 cm³/mol. The quantitative estimate of drug-likeness (QED) is 0.632. The Hall–Kier alpha value is -3.03. The molecule has 2 aliphatic heterocycles. The van der Waals surface area contributed by atoms with Crippen molar-refractivity contribution >= 4 is 5.82 Å². The van der Waals surface area contributed by atoms with Crippen LogP contribution in [0.15, 0.2) is 48.8 Å². The molecule has 0 unspecified atom stereocenters. The summed E-state index contributed by atoms with van der Waals surface area (Å²) in [5, 5.41) is 0. The van der Waals surface area contributed by atoms with Crippen LogP contribution in [0.5, 0.6) is 5.75 Å². The summed E-state index contributed by atoms with van der Waals surface area (Å²) in [4.78, 5) is 19.0. The molecule has 0 spiro atoms. The van der Waals surface area contributed by atoms with Gasteiger partial charge in [-0.1, -0.05) is 12.1 Å². The zero-order valence-corrected chi connectivity index (χ0v) is 17.8. The van der Waals surface area contributed by atoms with Crippen LogP contribution in [0.1, 0.15) is 16.8 Å². The number of morpholine rings is 1. The standard InChI is InChI=1S/C24H27N5O2/c1-30-20-4-2-3-18(15-20)16-28-10-7-22-21(17-28)24(29-11-13-31-14-12-29)27-23(26-22)19-5-8-25-9-6-19/h2-6,8-9,15H,7,10-14,16-17H2,1H3. The number of benzene rings is 1. The zero-order chi connectivity index (χ0) is 21.0. The fraction of sp³-hybridized carbons (Fsp3) is 0.375. The number of aromatic nitrogens is 3. The van der Waals surface area contributed by atoms with Crippen LogP contribution in [0, 0.1) is 0 Å². The van der Waals surface area contributed by atoms with Gasteiger partial charge in [-0.25, -0.2) is 9.97 Å². The lowest BCUT2D eigenvalue weighted by Crippen LogP contribution is -2.39. The van der Waals surface area contributed by atoms with Gasteiger partial charge < -0.3 is 14.4 Å². The van der Waals surface area contributed by atoms with E-state index in [-0.39, 0.29) is 0 Å². The van der Waals surface area contributed by atoms with E-state index in [2.05, 4.69) is 33.0 Å². The summed E-state index contributed by atoms with van der Waals surface area (Å²) in [5.74, 6) is 2.73. The summed E-state index contributed by atoms with van der Waals surface area (Å²) in [7, 11) is 1.71. The third-order valence-corrected chi connectivity index (χ3v) is 5.91. The van der Waals surface area contributed by atoms with E-state index in [0.717, 1.165) is 81.0 Å². The summed E-state index contributed by atoms with van der Waals surface area (Å²) in [6, 6.07) is 12.3. The van der Waals surface area contributed by atoms with Crippen LogP contribution in [-0.2, 0) is 24.2 Å². The third-order valence-electron chi connectivity index (χ3n) is 5.91. The Balaban J connectivity index is 1.46. The van der Waals surface area contributed by atoms with Gasteiger partial charge in [0.05, 0.1) is 26.0 Å². The van der Waals surface area contributed by atoms with Crippen molar-refractivity contribution in [2.45, 2.75) is 19.5 Å². The van der Waals surface area contributed by atoms with Crippen molar-refractivity contribution in [3.8, 4) is 17.1 Å². The number of pyridine rings is 1. The molecule has 0 N–H and O–H groups in total. The highest BCUT2D eigenvalue weighted by molar-refractivity contribution is 5.60. The fourth-order valence-corrected chi connectivity index (χ4v) is 4.28. The Morgan fingerprint density at radius 2 is 1.87 bits per heavy atom. The van der Waals surface area contributed by atoms with E-state index in [1.54, 1.807) is 19.5 Å². The number of anilines is 1. The van der Waals surface area contributed by atoms with Crippen molar-refractivity contribution in [1.29, 1.82) is 0 Å². The summed E-state index contributed by atoms with van der Waals surface area (Å²) in [5.41, 5.74) is 4.66. The highest BCUT2D eigenvalue weighted by Gasteiger charge is 2.26. The second-order valence-corrected chi connectivity index (χ2v) is 7.94. The molecule has 5 rings (SSSR count). The number of rotatable bonds is 5. The van der Waals surface area contributed by atoms with Crippen LogP contribution in [-0.4, -0.2) is 59.8 Å². The molecule has 31 heavy (non-hydrogen) atoms. The van der Waals surface area contributed by atoms with Gasteiger partial charge in [0.1, 0.15) is 11.6 Å². The zero-order valence-electron chi connectivity index (χ0n) is 17.8. The minimum atomic E-state index is 0.733. The number of fused-ring (bicyclic) bond motifs is 1. The van der Waals surface area contributed by atoms with Crippen LogP contribution >= 0.6 is 0 Å². The van der Waals surface area contributed by atoms with Crippen LogP contribution in [0.4, 0.5) is 5.82 Å². The molecule has 0 aliphatic carbocycles. The smallest absolute Gasteiger partial charge is 0.161 e. The molecule has 0 bridgehead atoms. The Kier molecular flexibility index (Phi) is 5.78. The Bertz CT molecular complexity index is 1040. The Labute approximate surface area is 182 Å². The number of hydrogen-bond acceptors (Lipinski definition) is 7. The van der Waals surface area contributed by atoms with Crippen molar-refractivity contribution in [2.75, 3.05) is 44.9 Å². The molecular formula is C24H27N5O2. The molecule has 3 aromatic rings. The predicted octanol–water partition coefficient (Wildman–Crippen LogP) is 2.94. The first-order valence-corrected chi connectivity index (χ1v) is 10.8. The van der Waals surface area contributed by atoms with E-state index in [0.29, 0.717) is 0 Å². The maximum atomic E-state index is 5.59. The Morgan fingerprint density at radius 1 is 1.03 bits per heavy atom. The summed E-state index contributed by atoms with van der Waals surface area (Å²) >= 11 is 0. The molecular weight excluding hydrogens is 390 g/mol. The molecule has 0 radical (unpaired) electrons. The summed E-state index contributed by atoms with van der Waals surface area (Å²) < 4.78 is 11.0. The highest BCUT2D eigenvalue weighted by Crippen LogP contribution is 2.31. The van der Waals surface area contributed by atoms with Gasteiger partial charge in [0.2, 0.25) is 0 Å². The molecule has 2 aromatic heterocycles. The van der Waals surface area contributed by atoms with Gasteiger partial charge in [-0.05, 0) is 29.8 Å². The minimum Gasteiger partial charge on any atom is -0.497 e. The first-order chi connectivity index (χ1) is 15.3. The van der Waals surface area contributed by atoms with Gasteiger partial charge >= 0.3 is 0 Å². The minimum absolute atomic E-state index is 0.733. The molecule has 0 saturated carbocycles. The lowest BCUT2D eigenvalue weighted by Gasteiger charge is -2.34. The van der Waals surface area contributed by atoms with Crippen LogP contribution in [0.2, 0.25) is 0 Å². The number of methoxy groups -OCH3 is 1. The molecule has 7 nitrogen and oxygen atoms in total. The fourth-order valence-electron chi connectivity index (χ4n) is 4.28. The highest BCUT2D eigenvalue weighted by atomic mass is 16.5. The molecule has 1 aromatic carbocycles. The molecule has 4 heterocycles.